The Kier molecular flexibility index (Phi) is 6.69. The summed E-state index contributed by atoms with van der Waals surface area (Å²) in [5.74, 6) is -1.42. The Bertz CT molecular complexity index is 1340. The fraction of sp³-hybridized carbons (Fsp3) is 0.391. The number of carbonyl (C=O) groups excluding carboxylic acids is 1. The molecule has 1 saturated heterocycles. The van der Waals surface area contributed by atoms with E-state index >= 15 is 0 Å². The van der Waals surface area contributed by atoms with E-state index in [0.717, 1.165) is 21.6 Å². The van der Waals surface area contributed by atoms with Crippen LogP contribution in [0.15, 0.2) is 47.3 Å². The van der Waals surface area contributed by atoms with Crippen molar-refractivity contribution in [1.29, 1.82) is 0 Å². The minimum absolute atomic E-state index is 0.0348. The first-order valence-electron chi connectivity index (χ1n) is 10.8. The van der Waals surface area contributed by atoms with Crippen LogP contribution in [0.3, 0.4) is 0 Å². The normalized spacial score (nSPS) is 15.9. The zero-order chi connectivity index (χ0) is 23.8. The van der Waals surface area contributed by atoms with Crippen LogP contribution in [0.5, 0.6) is 0 Å². The maximum atomic E-state index is 13.9. The predicted octanol–water partition coefficient (Wildman–Crippen LogP) is 3.96. The van der Waals surface area contributed by atoms with Crippen LogP contribution in [0.2, 0.25) is 0 Å². The Labute approximate surface area is 195 Å². The number of carbonyl (C=O) groups is 1. The lowest BCUT2D eigenvalue weighted by Gasteiger charge is -2.30. The summed E-state index contributed by atoms with van der Waals surface area (Å²) in [7, 11) is -3.67. The second-order valence-corrected chi connectivity index (χ2v) is 11.5. The largest absolute Gasteiger partial charge is 0.326 e. The minimum atomic E-state index is -3.67. The molecular weight excluding hydrogens is 465 g/mol. The van der Waals surface area contributed by atoms with Crippen molar-refractivity contribution < 1.29 is 17.6 Å². The molecule has 0 radical (unpaired) electrons. The van der Waals surface area contributed by atoms with Crippen molar-refractivity contribution in [3.8, 4) is 0 Å². The van der Waals surface area contributed by atoms with Crippen LogP contribution in [-0.2, 0) is 20.6 Å². The van der Waals surface area contributed by atoms with Crippen molar-refractivity contribution in [2.75, 3.05) is 18.4 Å². The van der Waals surface area contributed by atoms with Gasteiger partial charge in [-0.2, -0.15) is 0 Å². The highest BCUT2D eigenvalue weighted by Gasteiger charge is 2.31. The standard InChI is InChI=1S/C23H26FN3O4S2/c1-15(2)27-20-8-7-18(13-21(20)32-23(27)29)25-22(28)16-9-11-26(12-10-16)33(30,31)14-17-5-3-4-6-19(17)24/h3-8,13,15-16H,9-12,14H2,1-2H3,(H,25,28). The number of amides is 1. The van der Waals surface area contributed by atoms with Crippen molar-refractivity contribution in [2.45, 2.75) is 38.5 Å². The molecule has 10 heteroatoms. The highest BCUT2D eigenvalue weighted by atomic mass is 32.2. The van der Waals surface area contributed by atoms with E-state index in [0.29, 0.717) is 18.5 Å². The summed E-state index contributed by atoms with van der Waals surface area (Å²) in [5, 5.41) is 2.90. The second kappa shape index (κ2) is 9.36. The number of rotatable bonds is 6. The van der Waals surface area contributed by atoms with Gasteiger partial charge >= 0.3 is 4.87 Å². The zero-order valence-corrected chi connectivity index (χ0v) is 20.1. The van der Waals surface area contributed by atoms with E-state index in [1.54, 1.807) is 22.8 Å². The van der Waals surface area contributed by atoms with Gasteiger partial charge < -0.3 is 5.32 Å². The first-order valence-corrected chi connectivity index (χ1v) is 13.3. The summed E-state index contributed by atoms with van der Waals surface area (Å²) in [6, 6.07) is 11.3. The average Bonchev–Trinajstić information content (AvgIpc) is 3.10. The van der Waals surface area contributed by atoms with Gasteiger partial charge in [-0.1, -0.05) is 29.5 Å². The quantitative estimate of drug-likeness (QED) is 0.565. The van der Waals surface area contributed by atoms with E-state index in [4.69, 9.17) is 0 Å². The summed E-state index contributed by atoms with van der Waals surface area (Å²) >= 11 is 1.14. The Hall–Kier alpha value is -2.56. The molecule has 1 fully saturated rings. The summed E-state index contributed by atoms with van der Waals surface area (Å²) in [5.41, 5.74) is 1.59. The highest BCUT2D eigenvalue weighted by molar-refractivity contribution is 7.88. The molecular formula is C23H26FN3O4S2. The molecule has 0 aliphatic carbocycles. The van der Waals surface area contributed by atoms with Crippen LogP contribution >= 0.6 is 11.3 Å². The lowest BCUT2D eigenvalue weighted by molar-refractivity contribution is -0.120. The molecule has 2 heterocycles. The summed E-state index contributed by atoms with van der Waals surface area (Å²) in [6.45, 7) is 4.33. The van der Waals surface area contributed by atoms with Crippen LogP contribution in [0.25, 0.3) is 10.2 Å². The van der Waals surface area contributed by atoms with Gasteiger partial charge in [0.2, 0.25) is 15.9 Å². The van der Waals surface area contributed by atoms with Crippen LogP contribution in [0.4, 0.5) is 10.1 Å². The van der Waals surface area contributed by atoms with Gasteiger partial charge in [-0.15, -0.1) is 0 Å². The SMILES string of the molecule is CC(C)n1c(=O)sc2cc(NC(=O)C3CCN(S(=O)(=O)Cc4ccccc4F)CC3)ccc21. The second-order valence-electron chi connectivity index (χ2n) is 8.52. The van der Waals surface area contributed by atoms with E-state index in [2.05, 4.69) is 5.32 Å². The van der Waals surface area contributed by atoms with Crippen molar-refractivity contribution in [2.24, 2.45) is 5.92 Å². The first-order chi connectivity index (χ1) is 15.7. The Balaban J connectivity index is 1.38. The monoisotopic (exact) mass is 491 g/mol. The third-order valence-corrected chi connectivity index (χ3v) is 8.66. The number of nitrogens with zero attached hydrogens (tertiary/aromatic N) is 2. The van der Waals surface area contributed by atoms with E-state index < -0.39 is 21.6 Å². The third-order valence-electron chi connectivity index (χ3n) is 5.91. The van der Waals surface area contributed by atoms with Crippen molar-refractivity contribution in [1.82, 2.24) is 8.87 Å². The molecule has 0 atom stereocenters. The summed E-state index contributed by atoms with van der Waals surface area (Å²) in [4.78, 5) is 25.0. The highest BCUT2D eigenvalue weighted by Crippen LogP contribution is 2.27. The molecule has 0 bridgehead atoms. The molecule has 1 aromatic heterocycles. The van der Waals surface area contributed by atoms with E-state index in [-0.39, 0.29) is 41.4 Å². The fourth-order valence-electron chi connectivity index (χ4n) is 4.15. The summed E-state index contributed by atoms with van der Waals surface area (Å²) in [6.07, 6.45) is 0.781. The number of fused-ring (bicyclic) bond motifs is 1. The molecule has 1 amide bonds. The number of halogens is 1. The molecule has 0 spiro atoms. The van der Waals surface area contributed by atoms with Crippen molar-refractivity contribution >= 4 is 43.2 Å². The third kappa shape index (κ3) is 5.02. The summed E-state index contributed by atoms with van der Waals surface area (Å²) < 4.78 is 43.2. The topological polar surface area (TPSA) is 88.5 Å². The number of aromatic nitrogens is 1. The van der Waals surface area contributed by atoms with Crippen molar-refractivity contribution in [3.05, 3.63) is 63.5 Å². The van der Waals surface area contributed by atoms with Crippen LogP contribution in [-0.4, -0.2) is 36.3 Å². The Morgan fingerprint density at radius 2 is 1.88 bits per heavy atom. The van der Waals surface area contributed by atoms with E-state index in [1.807, 2.05) is 19.9 Å². The Morgan fingerprint density at radius 3 is 2.55 bits per heavy atom. The van der Waals surface area contributed by atoms with Crippen LogP contribution in [0.1, 0.15) is 38.3 Å². The molecule has 1 aliphatic rings. The smallest absolute Gasteiger partial charge is 0.308 e. The molecule has 0 saturated carbocycles. The van der Waals surface area contributed by atoms with Gasteiger partial charge in [0.25, 0.3) is 0 Å². The Morgan fingerprint density at radius 1 is 1.18 bits per heavy atom. The molecule has 0 unspecified atom stereocenters. The van der Waals surface area contributed by atoms with Gasteiger partial charge in [0.15, 0.2) is 0 Å². The predicted molar refractivity (Wildman–Crippen MR) is 128 cm³/mol. The molecule has 2 aromatic carbocycles. The molecule has 1 aliphatic heterocycles. The van der Waals surface area contributed by atoms with E-state index in [1.165, 1.54) is 22.5 Å². The number of benzene rings is 2. The minimum Gasteiger partial charge on any atom is -0.326 e. The van der Waals surface area contributed by atoms with Crippen LogP contribution < -0.4 is 10.2 Å². The van der Waals surface area contributed by atoms with E-state index in [9.17, 15) is 22.4 Å². The van der Waals surface area contributed by atoms with Gasteiger partial charge in [-0.3, -0.25) is 14.2 Å². The molecule has 3 aromatic rings. The maximum absolute atomic E-state index is 13.9. The molecule has 7 nitrogen and oxygen atoms in total. The maximum Gasteiger partial charge on any atom is 0.308 e. The number of anilines is 1. The average molecular weight is 492 g/mol. The van der Waals surface area contributed by atoms with Crippen LogP contribution in [0, 0.1) is 11.7 Å². The lowest BCUT2D eigenvalue weighted by atomic mass is 9.97. The van der Waals surface area contributed by atoms with Gasteiger partial charge in [-0.25, -0.2) is 17.1 Å². The van der Waals surface area contributed by atoms with Gasteiger partial charge in [-0.05, 0) is 51.0 Å². The molecule has 176 valence electrons. The van der Waals surface area contributed by atoms with Gasteiger partial charge in [0, 0.05) is 36.3 Å². The van der Waals surface area contributed by atoms with Crippen molar-refractivity contribution in [3.63, 3.8) is 0 Å². The number of nitrogens with one attached hydrogen (secondary N) is 1. The molecule has 4 rings (SSSR count). The molecule has 1 N–H and O–H groups in total. The first kappa shape index (κ1) is 23.6. The number of hydrogen-bond donors (Lipinski definition) is 1. The number of piperidine rings is 1. The number of thiazole rings is 1. The lowest BCUT2D eigenvalue weighted by Crippen LogP contribution is -2.42. The number of sulfonamides is 1. The fourth-order valence-corrected chi connectivity index (χ4v) is 6.78. The van der Waals surface area contributed by atoms with Gasteiger partial charge in [0.1, 0.15) is 5.82 Å². The van der Waals surface area contributed by atoms with Gasteiger partial charge in [0.05, 0.1) is 16.0 Å². The number of hydrogen-bond acceptors (Lipinski definition) is 5. The molecule has 33 heavy (non-hydrogen) atoms. The zero-order valence-electron chi connectivity index (χ0n) is 18.5.